The Hall–Kier alpha value is -4.98. The second-order valence-electron chi connectivity index (χ2n) is 7.01. The number of benzene rings is 2. The lowest BCUT2D eigenvalue weighted by Crippen LogP contribution is -2.56. The number of aromatic nitrogens is 2. The highest BCUT2D eigenvalue weighted by Crippen LogP contribution is 2.18. The second-order valence-corrected chi connectivity index (χ2v) is 7.01. The van der Waals surface area contributed by atoms with E-state index in [0.717, 1.165) is 0 Å². The van der Waals surface area contributed by atoms with Crippen molar-refractivity contribution in [1.29, 1.82) is 0 Å². The van der Waals surface area contributed by atoms with E-state index in [4.69, 9.17) is 0 Å². The number of hydrogen-bond acceptors (Lipinski definition) is 6. The van der Waals surface area contributed by atoms with Gasteiger partial charge in [0.05, 0.1) is 0 Å². The summed E-state index contributed by atoms with van der Waals surface area (Å²) in [5.74, 6) is -3.62. The number of carbonyl (C=O) groups excluding carboxylic acids is 4. The van der Waals surface area contributed by atoms with Gasteiger partial charge in [-0.25, -0.2) is 0 Å². The Morgan fingerprint density at radius 1 is 0.441 bits per heavy atom. The number of hydrogen-bond donors (Lipinski definition) is 0. The number of nitrogens with zero attached hydrogens (tertiary/aromatic N) is 4. The van der Waals surface area contributed by atoms with E-state index in [-0.39, 0.29) is 22.5 Å². The van der Waals surface area contributed by atoms with Crippen molar-refractivity contribution in [1.82, 2.24) is 20.0 Å². The molecule has 0 radical (unpaired) electrons. The van der Waals surface area contributed by atoms with Crippen LogP contribution in [0.1, 0.15) is 41.7 Å². The Morgan fingerprint density at radius 3 is 1.12 bits per heavy atom. The lowest BCUT2D eigenvalue weighted by Gasteiger charge is -2.31. The molecule has 34 heavy (non-hydrogen) atoms. The number of rotatable bonds is 4. The van der Waals surface area contributed by atoms with Gasteiger partial charge in [-0.1, -0.05) is 48.5 Å². The Bertz CT molecular complexity index is 1110. The van der Waals surface area contributed by atoms with Crippen molar-refractivity contribution in [2.45, 2.75) is 0 Å². The van der Waals surface area contributed by atoms with Gasteiger partial charge in [-0.05, 0) is 48.5 Å². The fraction of sp³-hybridized carbons (Fsp3) is 0. The summed E-state index contributed by atoms with van der Waals surface area (Å²) in [5, 5.41) is 1.04. The molecular formula is C26H18N4O4. The molecule has 0 saturated heterocycles. The first-order chi connectivity index (χ1) is 16.6. The molecule has 0 bridgehead atoms. The SMILES string of the molecule is O=C(c1ccccc1)N(C(=O)c1ccccn1)N(C(=O)c1ccccc1)C(=O)c1ccccn1. The average Bonchev–Trinajstić information content (AvgIpc) is 2.92. The molecule has 2 aromatic heterocycles. The van der Waals surface area contributed by atoms with Crippen LogP contribution in [0.15, 0.2) is 109 Å². The summed E-state index contributed by atoms with van der Waals surface area (Å²) in [6.07, 6.45) is 2.75. The average molecular weight is 450 g/mol. The van der Waals surface area contributed by atoms with Crippen LogP contribution in [0, 0.1) is 0 Å². The van der Waals surface area contributed by atoms with Crippen LogP contribution < -0.4 is 0 Å². The molecule has 0 N–H and O–H groups in total. The smallest absolute Gasteiger partial charge is 0.267 e. The Labute approximate surface area is 195 Å². The van der Waals surface area contributed by atoms with E-state index >= 15 is 0 Å². The standard InChI is InChI=1S/C26H18N4O4/c31-23(19-11-3-1-4-12-19)29(25(33)21-15-7-9-17-27-21)30(24(32)20-13-5-2-6-14-20)26(34)22-16-8-10-18-28-22/h1-18H. The molecule has 166 valence electrons. The van der Waals surface area contributed by atoms with Gasteiger partial charge in [0.25, 0.3) is 23.6 Å². The summed E-state index contributed by atoms with van der Waals surface area (Å²) in [6, 6.07) is 24.9. The monoisotopic (exact) mass is 450 g/mol. The molecule has 0 fully saturated rings. The van der Waals surface area contributed by atoms with Crippen LogP contribution in [0.3, 0.4) is 0 Å². The van der Waals surface area contributed by atoms with Crippen LogP contribution in [0.5, 0.6) is 0 Å². The first-order valence-corrected chi connectivity index (χ1v) is 10.3. The molecule has 0 aliphatic rings. The lowest BCUT2D eigenvalue weighted by molar-refractivity contribution is 0.00246. The highest BCUT2D eigenvalue weighted by Gasteiger charge is 2.39. The molecule has 2 heterocycles. The minimum absolute atomic E-state index is 0.103. The summed E-state index contributed by atoms with van der Waals surface area (Å²) < 4.78 is 0. The summed E-state index contributed by atoms with van der Waals surface area (Å²) in [5.41, 5.74) is -0.0316. The maximum absolute atomic E-state index is 13.6. The molecular weight excluding hydrogens is 432 g/mol. The largest absolute Gasteiger partial charge is 0.298 e. The summed E-state index contributed by atoms with van der Waals surface area (Å²) in [6.45, 7) is 0. The first kappa shape index (κ1) is 22.2. The van der Waals surface area contributed by atoms with E-state index in [2.05, 4.69) is 9.97 Å². The van der Waals surface area contributed by atoms with Crippen molar-refractivity contribution < 1.29 is 19.2 Å². The maximum Gasteiger partial charge on any atom is 0.298 e. The molecule has 0 aliphatic heterocycles. The van der Waals surface area contributed by atoms with Crippen LogP contribution >= 0.6 is 0 Å². The zero-order valence-electron chi connectivity index (χ0n) is 17.8. The van der Waals surface area contributed by atoms with Crippen molar-refractivity contribution in [3.63, 3.8) is 0 Å². The van der Waals surface area contributed by atoms with E-state index in [1.165, 1.54) is 48.8 Å². The predicted octanol–water partition coefficient (Wildman–Crippen LogP) is 3.66. The van der Waals surface area contributed by atoms with Crippen LogP contribution in [0.25, 0.3) is 0 Å². The second kappa shape index (κ2) is 10.1. The number of amides is 4. The van der Waals surface area contributed by atoms with Gasteiger partial charge in [0.2, 0.25) is 0 Å². The van der Waals surface area contributed by atoms with E-state index in [1.54, 1.807) is 60.7 Å². The van der Waals surface area contributed by atoms with Gasteiger partial charge in [0.1, 0.15) is 11.4 Å². The molecule has 0 saturated carbocycles. The fourth-order valence-electron chi connectivity index (χ4n) is 3.15. The van der Waals surface area contributed by atoms with Crippen LogP contribution in [0.2, 0.25) is 0 Å². The van der Waals surface area contributed by atoms with Gasteiger partial charge in [-0.15, -0.1) is 0 Å². The summed E-state index contributed by atoms with van der Waals surface area (Å²) in [4.78, 5) is 62.3. The van der Waals surface area contributed by atoms with Crippen LogP contribution in [0.4, 0.5) is 0 Å². The molecule has 0 aliphatic carbocycles. The third-order valence-corrected chi connectivity index (χ3v) is 4.78. The van der Waals surface area contributed by atoms with Crippen molar-refractivity contribution in [2.75, 3.05) is 0 Å². The van der Waals surface area contributed by atoms with Crippen molar-refractivity contribution in [3.05, 3.63) is 132 Å². The van der Waals surface area contributed by atoms with E-state index in [0.29, 0.717) is 10.0 Å². The summed E-state index contributed by atoms with van der Waals surface area (Å²) >= 11 is 0. The van der Waals surface area contributed by atoms with Crippen molar-refractivity contribution in [2.24, 2.45) is 0 Å². The van der Waals surface area contributed by atoms with Crippen LogP contribution in [-0.4, -0.2) is 43.6 Å². The van der Waals surface area contributed by atoms with Crippen molar-refractivity contribution in [3.8, 4) is 0 Å². The predicted molar refractivity (Wildman–Crippen MR) is 122 cm³/mol. The maximum atomic E-state index is 13.6. The molecule has 0 atom stereocenters. The van der Waals surface area contributed by atoms with Gasteiger partial charge in [0.15, 0.2) is 0 Å². The molecule has 8 nitrogen and oxygen atoms in total. The van der Waals surface area contributed by atoms with E-state index in [1.807, 2.05) is 0 Å². The molecule has 2 aromatic carbocycles. The van der Waals surface area contributed by atoms with Gasteiger partial charge in [0, 0.05) is 23.5 Å². The minimum atomic E-state index is -0.942. The van der Waals surface area contributed by atoms with Gasteiger partial charge < -0.3 is 0 Å². The Morgan fingerprint density at radius 2 is 0.794 bits per heavy atom. The molecule has 8 heteroatoms. The van der Waals surface area contributed by atoms with Gasteiger partial charge in [-0.2, -0.15) is 10.0 Å². The number of carbonyl (C=O) groups is 4. The summed E-state index contributed by atoms with van der Waals surface area (Å²) in [7, 11) is 0. The number of pyridine rings is 2. The topological polar surface area (TPSA) is 101 Å². The number of imide groups is 2. The highest BCUT2D eigenvalue weighted by molar-refractivity contribution is 6.17. The minimum Gasteiger partial charge on any atom is -0.267 e. The normalized spacial score (nSPS) is 10.2. The first-order valence-electron chi connectivity index (χ1n) is 10.3. The van der Waals surface area contributed by atoms with Gasteiger partial charge >= 0.3 is 0 Å². The third kappa shape index (κ3) is 4.61. The molecule has 0 spiro atoms. The lowest BCUT2D eigenvalue weighted by atomic mass is 10.1. The molecule has 4 amide bonds. The van der Waals surface area contributed by atoms with Crippen LogP contribution in [-0.2, 0) is 0 Å². The van der Waals surface area contributed by atoms with E-state index < -0.39 is 23.6 Å². The Kier molecular flexibility index (Phi) is 6.60. The fourth-order valence-corrected chi connectivity index (χ4v) is 3.15. The number of hydrazine groups is 1. The third-order valence-electron chi connectivity index (χ3n) is 4.78. The van der Waals surface area contributed by atoms with E-state index in [9.17, 15) is 19.2 Å². The highest BCUT2D eigenvalue weighted by atomic mass is 16.2. The molecule has 0 unspecified atom stereocenters. The quantitative estimate of drug-likeness (QED) is 0.348. The Balaban J connectivity index is 1.89. The van der Waals surface area contributed by atoms with Crippen molar-refractivity contribution >= 4 is 23.6 Å². The molecule has 4 rings (SSSR count). The van der Waals surface area contributed by atoms with Gasteiger partial charge in [-0.3, -0.25) is 29.1 Å². The molecule has 4 aromatic rings. The zero-order valence-corrected chi connectivity index (χ0v) is 17.8. The zero-order chi connectivity index (χ0) is 23.9.